The Kier molecular flexibility index (Phi) is 3.79. The van der Waals surface area contributed by atoms with E-state index in [2.05, 4.69) is 0 Å². The normalized spacial score (nSPS) is 10.8. The number of ketones is 1. The smallest absolute Gasteiger partial charge is 0.186 e. The van der Waals surface area contributed by atoms with Gasteiger partial charge in [-0.3, -0.25) is 4.79 Å². The van der Waals surface area contributed by atoms with E-state index < -0.39 is 0 Å². The number of Topliss-reactive ketones (excluding diaryl/α,β-unsaturated/α-hetero) is 1. The van der Waals surface area contributed by atoms with Gasteiger partial charge in [0.1, 0.15) is 0 Å². The lowest BCUT2D eigenvalue weighted by atomic mass is 10.1. The van der Waals surface area contributed by atoms with E-state index in [1.54, 1.807) is 0 Å². The van der Waals surface area contributed by atoms with Crippen LogP contribution in [0.1, 0.15) is 9.67 Å². The van der Waals surface area contributed by atoms with Crippen molar-refractivity contribution in [1.82, 2.24) is 4.90 Å². The Balaban J connectivity index is 2.26. The summed E-state index contributed by atoms with van der Waals surface area (Å²) in [5.41, 5.74) is 7.67. The maximum atomic E-state index is 11.9. The molecule has 0 aliphatic heterocycles. The van der Waals surface area contributed by atoms with Gasteiger partial charge >= 0.3 is 0 Å². The molecule has 0 amide bonds. The number of nitrogens with zero attached hydrogens (tertiary/aromatic N) is 1. The van der Waals surface area contributed by atoms with E-state index in [9.17, 15) is 4.79 Å². The molecule has 0 saturated heterocycles. The molecular formula is C14H16N2OS. The van der Waals surface area contributed by atoms with E-state index in [0.717, 1.165) is 21.0 Å². The molecule has 3 nitrogen and oxygen atoms in total. The number of carbonyl (C=O) groups is 1. The van der Waals surface area contributed by atoms with E-state index in [1.807, 2.05) is 55.4 Å². The summed E-state index contributed by atoms with van der Waals surface area (Å²) in [6.07, 6.45) is 0. The van der Waals surface area contributed by atoms with Crippen LogP contribution < -0.4 is 5.73 Å². The van der Waals surface area contributed by atoms with Crippen molar-refractivity contribution in [3.63, 3.8) is 0 Å². The summed E-state index contributed by atoms with van der Waals surface area (Å²) in [4.78, 5) is 15.6. The lowest BCUT2D eigenvalue weighted by molar-refractivity contribution is 0.0962. The molecule has 0 radical (unpaired) electrons. The maximum Gasteiger partial charge on any atom is 0.186 e. The Morgan fingerprint density at radius 2 is 1.94 bits per heavy atom. The van der Waals surface area contributed by atoms with Gasteiger partial charge < -0.3 is 10.6 Å². The summed E-state index contributed by atoms with van der Waals surface area (Å²) in [5.74, 6) is 0.144. The van der Waals surface area contributed by atoms with Crippen molar-refractivity contribution < 1.29 is 4.79 Å². The second kappa shape index (κ2) is 5.33. The Bertz CT molecular complexity index is 560. The van der Waals surface area contributed by atoms with E-state index in [0.29, 0.717) is 6.54 Å². The van der Waals surface area contributed by atoms with Crippen LogP contribution in [0.4, 0.5) is 5.69 Å². The van der Waals surface area contributed by atoms with Gasteiger partial charge in [-0.1, -0.05) is 18.2 Å². The maximum absolute atomic E-state index is 11.9. The number of likely N-dealkylation sites (N-methyl/N-ethyl adjacent to an activating group) is 1. The predicted molar refractivity (Wildman–Crippen MR) is 77.1 cm³/mol. The average Bonchev–Trinajstić information content (AvgIpc) is 2.78. The van der Waals surface area contributed by atoms with Crippen LogP contribution in [-0.2, 0) is 0 Å². The molecule has 0 aliphatic carbocycles. The minimum Gasteiger partial charge on any atom is -0.398 e. The molecule has 0 spiro atoms. The van der Waals surface area contributed by atoms with Crippen LogP contribution >= 0.6 is 11.3 Å². The standard InChI is InChI=1S/C14H16N2OS/c1-16(2)9-12(17)14-8-7-13(18-14)10-5-3-4-6-11(10)15/h3-8H,9,15H2,1-2H3. The number of anilines is 1. The van der Waals surface area contributed by atoms with Crippen molar-refractivity contribution >= 4 is 22.8 Å². The van der Waals surface area contributed by atoms with Crippen LogP contribution in [0.3, 0.4) is 0 Å². The van der Waals surface area contributed by atoms with Gasteiger partial charge in [0, 0.05) is 16.1 Å². The molecule has 0 fully saturated rings. The number of nitrogens with two attached hydrogens (primary N) is 1. The number of rotatable bonds is 4. The van der Waals surface area contributed by atoms with E-state index >= 15 is 0 Å². The number of hydrogen-bond donors (Lipinski definition) is 1. The molecule has 1 aromatic heterocycles. The van der Waals surface area contributed by atoms with Gasteiger partial charge in [-0.15, -0.1) is 11.3 Å². The molecule has 18 heavy (non-hydrogen) atoms. The molecule has 1 heterocycles. The Hall–Kier alpha value is -1.65. The van der Waals surface area contributed by atoms with Gasteiger partial charge in [-0.2, -0.15) is 0 Å². The van der Waals surface area contributed by atoms with Gasteiger partial charge in [0.05, 0.1) is 11.4 Å². The molecule has 2 N–H and O–H groups in total. The summed E-state index contributed by atoms with van der Waals surface area (Å²) < 4.78 is 0. The van der Waals surface area contributed by atoms with Gasteiger partial charge in [-0.25, -0.2) is 0 Å². The molecule has 0 bridgehead atoms. The first-order valence-electron chi connectivity index (χ1n) is 5.70. The Morgan fingerprint density at radius 1 is 1.22 bits per heavy atom. The monoisotopic (exact) mass is 260 g/mol. The number of nitrogen functional groups attached to an aromatic ring is 1. The number of thiophene rings is 1. The van der Waals surface area contributed by atoms with Crippen LogP contribution in [-0.4, -0.2) is 31.3 Å². The molecule has 0 atom stereocenters. The van der Waals surface area contributed by atoms with Crippen LogP contribution in [0.5, 0.6) is 0 Å². The molecule has 2 aromatic rings. The van der Waals surface area contributed by atoms with Crippen LogP contribution in [0.2, 0.25) is 0 Å². The highest BCUT2D eigenvalue weighted by molar-refractivity contribution is 7.17. The largest absolute Gasteiger partial charge is 0.398 e. The molecule has 0 saturated carbocycles. The summed E-state index contributed by atoms with van der Waals surface area (Å²) in [5, 5.41) is 0. The van der Waals surface area contributed by atoms with Crippen molar-refractivity contribution in [1.29, 1.82) is 0 Å². The Labute approximate surface area is 111 Å². The number of para-hydroxylation sites is 1. The second-order valence-electron chi connectivity index (χ2n) is 4.41. The quantitative estimate of drug-likeness (QED) is 0.679. The third kappa shape index (κ3) is 2.78. The first-order valence-corrected chi connectivity index (χ1v) is 6.52. The third-order valence-electron chi connectivity index (χ3n) is 2.57. The van der Waals surface area contributed by atoms with E-state index in [-0.39, 0.29) is 5.78 Å². The first kappa shape index (κ1) is 12.8. The van der Waals surface area contributed by atoms with Gasteiger partial charge in [-0.05, 0) is 32.3 Å². The van der Waals surface area contributed by atoms with Crippen molar-refractivity contribution in [3.8, 4) is 10.4 Å². The highest BCUT2D eigenvalue weighted by Gasteiger charge is 2.12. The first-order chi connectivity index (χ1) is 8.58. The van der Waals surface area contributed by atoms with Crippen molar-refractivity contribution in [2.45, 2.75) is 0 Å². The van der Waals surface area contributed by atoms with Gasteiger partial charge in [0.15, 0.2) is 5.78 Å². The number of carbonyl (C=O) groups excluding carboxylic acids is 1. The fourth-order valence-corrected chi connectivity index (χ4v) is 2.70. The van der Waals surface area contributed by atoms with E-state index in [1.165, 1.54) is 11.3 Å². The lowest BCUT2D eigenvalue weighted by Gasteiger charge is -2.06. The van der Waals surface area contributed by atoms with Gasteiger partial charge in [0.25, 0.3) is 0 Å². The fourth-order valence-electron chi connectivity index (χ4n) is 1.72. The van der Waals surface area contributed by atoms with Crippen LogP contribution in [0.15, 0.2) is 36.4 Å². The topological polar surface area (TPSA) is 46.3 Å². The lowest BCUT2D eigenvalue weighted by Crippen LogP contribution is -2.20. The zero-order valence-electron chi connectivity index (χ0n) is 10.5. The highest BCUT2D eigenvalue weighted by atomic mass is 32.1. The van der Waals surface area contributed by atoms with Crippen molar-refractivity contribution in [3.05, 3.63) is 41.3 Å². The summed E-state index contributed by atoms with van der Waals surface area (Å²) in [7, 11) is 3.78. The SMILES string of the molecule is CN(C)CC(=O)c1ccc(-c2ccccc2N)s1. The zero-order chi connectivity index (χ0) is 13.1. The third-order valence-corrected chi connectivity index (χ3v) is 3.73. The zero-order valence-corrected chi connectivity index (χ0v) is 11.3. The highest BCUT2D eigenvalue weighted by Crippen LogP contribution is 2.32. The molecule has 2 rings (SSSR count). The second-order valence-corrected chi connectivity index (χ2v) is 5.50. The van der Waals surface area contributed by atoms with Crippen molar-refractivity contribution in [2.75, 3.05) is 26.4 Å². The average molecular weight is 260 g/mol. The minimum absolute atomic E-state index is 0.144. The molecule has 94 valence electrons. The Morgan fingerprint density at radius 3 is 2.61 bits per heavy atom. The molecular weight excluding hydrogens is 244 g/mol. The minimum atomic E-state index is 0.144. The number of benzene rings is 1. The van der Waals surface area contributed by atoms with Crippen LogP contribution in [0, 0.1) is 0 Å². The summed E-state index contributed by atoms with van der Waals surface area (Å²) >= 11 is 1.49. The summed E-state index contributed by atoms with van der Waals surface area (Å²) in [6.45, 7) is 0.435. The number of hydrogen-bond acceptors (Lipinski definition) is 4. The van der Waals surface area contributed by atoms with Gasteiger partial charge in [0.2, 0.25) is 0 Å². The van der Waals surface area contributed by atoms with Crippen LogP contribution in [0.25, 0.3) is 10.4 Å². The molecule has 4 heteroatoms. The molecule has 0 unspecified atom stereocenters. The van der Waals surface area contributed by atoms with Crippen molar-refractivity contribution in [2.24, 2.45) is 0 Å². The van der Waals surface area contributed by atoms with E-state index in [4.69, 9.17) is 5.73 Å². The predicted octanol–water partition coefficient (Wildman–Crippen LogP) is 2.74. The molecule has 0 aliphatic rings. The fraction of sp³-hybridized carbons (Fsp3) is 0.214. The molecule has 1 aromatic carbocycles. The summed E-state index contributed by atoms with van der Waals surface area (Å²) in [6, 6.07) is 11.5.